The summed E-state index contributed by atoms with van der Waals surface area (Å²) in [5.74, 6) is 1.94. The van der Waals surface area contributed by atoms with E-state index in [1.807, 2.05) is 24.3 Å². The first-order valence-electron chi connectivity index (χ1n) is 8.08. The second-order valence-electron chi connectivity index (χ2n) is 5.87. The molecule has 0 saturated carbocycles. The number of nitrogens with zero attached hydrogens (tertiary/aromatic N) is 4. The minimum atomic E-state index is 0.471. The maximum atomic E-state index is 6.00. The van der Waals surface area contributed by atoms with E-state index >= 15 is 0 Å². The Morgan fingerprint density at radius 1 is 1.19 bits per heavy atom. The fraction of sp³-hybridized carbons (Fsp3) is 0.278. The highest BCUT2D eigenvalue weighted by atomic mass is 79.9. The lowest BCUT2D eigenvalue weighted by Gasteiger charge is -2.15. The number of benzene rings is 2. The van der Waals surface area contributed by atoms with Crippen LogP contribution in [0.4, 0.5) is 5.95 Å². The van der Waals surface area contributed by atoms with Crippen LogP contribution in [-0.4, -0.2) is 27.3 Å². The SMILES string of the molecule is COc1cc(CNc2nnnn2C)cc(Br)c1OCc1cccc(C)c1. The van der Waals surface area contributed by atoms with Crippen LogP contribution in [0.2, 0.25) is 0 Å². The predicted molar refractivity (Wildman–Crippen MR) is 102 cm³/mol. The van der Waals surface area contributed by atoms with Crippen LogP contribution in [0.5, 0.6) is 11.5 Å². The molecule has 0 aliphatic carbocycles. The normalized spacial score (nSPS) is 10.6. The van der Waals surface area contributed by atoms with Gasteiger partial charge in [-0.25, -0.2) is 4.68 Å². The molecular weight excluding hydrogens is 398 g/mol. The zero-order valence-corrected chi connectivity index (χ0v) is 16.4. The van der Waals surface area contributed by atoms with Crippen LogP contribution in [0.1, 0.15) is 16.7 Å². The molecule has 0 radical (unpaired) electrons. The Balaban J connectivity index is 1.73. The van der Waals surface area contributed by atoms with Gasteiger partial charge in [-0.2, -0.15) is 0 Å². The molecule has 0 spiro atoms. The van der Waals surface area contributed by atoms with Crippen LogP contribution in [0.25, 0.3) is 0 Å². The maximum absolute atomic E-state index is 6.00. The summed E-state index contributed by atoms with van der Waals surface area (Å²) < 4.78 is 13.9. The quantitative estimate of drug-likeness (QED) is 0.634. The van der Waals surface area contributed by atoms with E-state index in [0.717, 1.165) is 15.6 Å². The zero-order valence-electron chi connectivity index (χ0n) is 14.9. The molecule has 7 nitrogen and oxygen atoms in total. The van der Waals surface area contributed by atoms with Gasteiger partial charge < -0.3 is 14.8 Å². The van der Waals surface area contributed by atoms with E-state index in [0.29, 0.717) is 30.6 Å². The number of tetrazole rings is 1. The van der Waals surface area contributed by atoms with Crippen LogP contribution in [0.15, 0.2) is 40.9 Å². The lowest BCUT2D eigenvalue weighted by molar-refractivity contribution is 0.282. The van der Waals surface area contributed by atoms with Crippen LogP contribution < -0.4 is 14.8 Å². The lowest BCUT2D eigenvalue weighted by atomic mass is 10.1. The van der Waals surface area contributed by atoms with Crippen LogP contribution in [-0.2, 0) is 20.2 Å². The van der Waals surface area contributed by atoms with E-state index in [1.165, 1.54) is 5.56 Å². The zero-order chi connectivity index (χ0) is 18.5. The molecule has 0 aliphatic heterocycles. The van der Waals surface area contributed by atoms with Crippen LogP contribution in [0.3, 0.4) is 0 Å². The van der Waals surface area contributed by atoms with Gasteiger partial charge in [0, 0.05) is 13.6 Å². The Hall–Kier alpha value is -2.61. The predicted octanol–water partition coefficient (Wildman–Crippen LogP) is 3.48. The number of aromatic nitrogens is 4. The Kier molecular flexibility index (Phi) is 5.72. The fourth-order valence-electron chi connectivity index (χ4n) is 2.53. The van der Waals surface area contributed by atoms with Gasteiger partial charge >= 0.3 is 0 Å². The number of aryl methyl sites for hydroxylation is 2. The van der Waals surface area contributed by atoms with Gasteiger partial charge in [0.2, 0.25) is 5.95 Å². The minimum Gasteiger partial charge on any atom is -0.493 e. The average Bonchev–Trinajstić information content (AvgIpc) is 3.03. The topological polar surface area (TPSA) is 74.1 Å². The molecule has 0 fully saturated rings. The Labute approximate surface area is 160 Å². The summed E-state index contributed by atoms with van der Waals surface area (Å²) in [4.78, 5) is 0. The molecular formula is C18H20BrN5O2. The summed E-state index contributed by atoms with van der Waals surface area (Å²) in [5, 5.41) is 14.5. The Morgan fingerprint density at radius 3 is 2.73 bits per heavy atom. The maximum Gasteiger partial charge on any atom is 0.242 e. The summed E-state index contributed by atoms with van der Waals surface area (Å²) >= 11 is 3.58. The number of methoxy groups -OCH3 is 1. The summed E-state index contributed by atoms with van der Waals surface area (Å²) in [7, 11) is 3.41. The van der Waals surface area contributed by atoms with E-state index < -0.39 is 0 Å². The smallest absolute Gasteiger partial charge is 0.242 e. The van der Waals surface area contributed by atoms with E-state index in [-0.39, 0.29) is 0 Å². The van der Waals surface area contributed by atoms with Gasteiger partial charge in [0.15, 0.2) is 11.5 Å². The van der Waals surface area contributed by atoms with Gasteiger partial charge in [-0.15, -0.1) is 0 Å². The molecule has 0 bridgehead atoms. The van der Waals surface area contributed by atoms with Gasteiger partial charge in [-0.05, 0) is 56.5 Å². The van der Waals surface area contributed by atoms with Crippen molar-refractivity contribution >= 4 is 21.9 Å². The lowest BCUT2D eigenvalue weighted by Crippen LogP contribution is -2.06. The first-order chi connectivity index (χ1) is 12.6. The van der Waals surface area contributed by atoms with Gasteiger partial charge in [0.05, 0.1) is 11.6 Å². The third-order valence-electron chi connectivity index (χ3n) is 3.83. The van der Waals surface area contributed by atoms with Crippen LogP contribution in [0, 0.1) is 6.92 Å². The van der Waals surface area contributed by atoms with E-state index in [1.54, 1.807) is 18.8 Å². The van der Waals surface area contributed by atoms with E-state index in [4.69, 9.17) is 9.47 Å². The Bertz CT molecular complexity index is 897. The van der Waals surface area contributed by atoms with E-state index in [9.17, 15) is 0 Å². The molecule has 26 heavy (non-hydrogen) atoms. The first-order valence-corrected chi connectivity index (χ1v) is 8.87. The second kappa shape index (κ2) is 8.18. The number of ether oxygens (including phenoxy) is 2. The van der Waals surface area contributed by atoms with Crippen molar-refractivity contribution in [2.75, 3.05) is 12.4 Å². The molecule has 0 saturated heterocycles. The largest absolute Gasteiger partial charge is 0.493 e. The Morgan fingerprint density at radius 2 is 2.04 bits per heavy atom. The van der Waals surface area contributed by atoms with Crippen molar-refractivity contribution in [2.24, 2.45) is 7.05 Å². The molecule has 1 heterocycles. The third-order valence-corrected chi connectivity index (χ3v) is 4.41. The van der Waals surface area contributed by atoms with Gasteiger partial charge in [-0.1, -0.05) is 34.9 Å². The molecule has 0 atom stereocenters. The average molecular weight is 418 g/mol. The standard InChI is InChI=1S/C18H20BrN5O2/c1-12-5-4-6-13(7-12)11-26-17-15(19)8-14(9-16(17)25-3)10-20-18-21-22-23-24(18)2/h4-9H,10-11H2,1-3H3,(H,20,21,23). The highest BCUT2D eigenvalue weighted by Gasteiger charge is 2.13. The number of hydrogen-bond donors (Lipinski definition) is 1. The fourth-order valence-corrected chi connectivity index (χ4v) is 3.14. The molecule has 0 unspecified atom stereocenters. The summed E-state index contributed by atoms with van der Waals surface area (Å²) in [5.41, 5.74) is 3.33. The molecule has 2 aromatic carbocycles. The molecule has 3 aromatic rings. The number of halogens is 1. The molecule has 136 valence electrons. The highest BCUT2D eigenvalue weighted by molar-refractivity contribution is 9.10. The molecule has 3 rings (SSSR count). The molecule has 1 aromatic heterocycles. The molecule has 1 N–H and O–H groups in total. The number of hydrogen-bond acceptors (Lipinski definition) is 6. The van der Waals surface area contributed by atoms with Crippen molar-refractivity contribution in [3.8, 4) is 11.5 Å². The molecule has 0 aliphatic rings. The third kappa shape index (κ3) is 4.32. The monoisotopic (exact) mass is 417 g/mol. The van der Waals surface area contributed by atoms with E-state index in [2.05, 4.69) is 55.8 Å². The van der Waals surface area contributed by atoms with Gasteiger partial charge in [-0.3, -0.25) is 0 Å². The van der Waals surface area contributed by atoms with Gasteiger partial charge in [0.25, 0.3) is 0 Å². The van der Waals surface area contributed by atoms with Crippen molar-refractivity contribution < 1.29 is 9.47 Å². The van der Waals surface area contributed by atoms with Crippen molar-refractivity contribution in [3.05, 3.63) is 57.6 Å². The summed E-state index contributed by atoms with van der Waals surface area (Å²) in [6.45, 7) is 3.09. The van der Waals surface area contributed by atoms with Crippen molar-refractivity contribution in [1.82, 2.24) is 20.2 Å². The first kappa shape index (κ1) is 18.2. The highest BCUT2D eigenvalue weighted by Crippen LogP contribution is 2.37. The summed E-state index contributed by atoms with van der Waals surface area (Å²) in [6.07, 6.45) is 0. The second-order valence-corrected chi connectivity index (χ2v) is 6.72. The van der Waals surface area contributed by atoms with Crippen LogP contribution >= 0.6 is 15.9 Å². The van der Waals surface area contributed by atoms with Crippen molar-refractivity contribution in [1.29, 1.82) is 0 Å². The molecule has 8 heteroatoms. The number of nitrogens with one attached hydrogen (secondary N) is 1. The van der Waals surface area contributed by atoms with Gasteiger partial charge in [0.1, 0.15) is 6.61 Å². The number of rotatable bonds is 7. The summed E-state index contributed by atoms with van der Waals surface area (Å²) in [6, 6.07) is 12.2. The van der Waals surface area contributed by atoms with Crippen molar-refractivity contribution in [2.45, 2.75) is 20.1 Å². The number of anilines is 1. The minimum absolute atomic E-state index is 0.471. The molecule has 0 amide bonds. The van der Waals surface area contributed by atoms with Crippen molar-refractivity contribution in [3.63, 3.8) is 0 Å².